The minimum Gasteiger partial charge on any atom is -0.465 e. The monoisotopic (exact) mass is 410 g/mol. The second kappa shape index (κ2) is 6.26. The zero-order chi connectivity index (χ0) is 19.4. The van der Waals surface area contributed by atoms with Gasteiger partial charge < -0.3 is 9.30 Å². The van der Waals surface area contributed by atoms with Crippen molar-refractivity contribution in [2.45, 2.75) is 6.23 Å². The molecule has 1 atom stereocenters. The lowest BCUT2D eigenvalue weighted by Crippen LogP contribution is -2.22. The van der Waals surface area contributed by atoms with Crippen molar-refractivity contribution in [1.29, 1.82) is 0 Å². The van der Waals surface area contributed by atoms with E-state index in [9.17, 15) is 10.1 Å². The first-order chi connectivity index (χ1) is 13.5. The van der Waals surface area contributed by atoms with E-state index in [0.29, 0.717) is 15.8 Å². The first-order valence-electron chi connectivity index (χ1n) is 8.53. The highest BCUT2D eigenvalue weighted by Gasteiger charge is 2.29. The molecule has 0 spiro atoms. The number of halogens is 2. The number of non-ortho nitro benzene ring substituents is 1. The van der Waals surface area contributed by atoms with Gasteiger partial charge in [0.1, 0.15) is 5.75 Å². The Hall–Kier alpha value is -3.02. The topological polar surface area (TPSA) is 57.3 Å². The zero-order valence-corrected chi connectivity index (χ0v) is 15.8. The summed E-state index contributed by atoms with van der Waals surface area (Å²) in [5, 5.41) is 13.2. The molecular weight excluding hydrogens is 399 g/mol. The van der Waals surface area contributed by atoms with E-state index in [-0.39, 0.29) is 5.69 Å². The Balaban J connectivity index is 1.75. The molecule has 1 aromatic heterocycles. The zero-order valence-electron chi connectivity index (χ0n) is 14.3. The number of nitrogens with zero attached hydrogens (tertiary/aromatic N) is 2. The average molecular weight is 411 g/mol. The highest BCUT2D eigenvalue weighted by atomic mass is 35.5. The normalized spacial score (nSPS) is 15.0. The smallest absolute Gasteiger partial charge is 0.269 e. The Labute approximate surface area is 169 Å². The van der Waals surface area contributed by atoms with Crippen LogP contribution in [0.2, 0.25) is 10.0 Å². The maximum Gasteiger partial charge on any atom is 0.269 e. The van der Waals surface area contributed by atoms with Gasteiger partial charge >= 0.3 is 0 Å². The van der Waals surface area contributed by atoms with E-state index in [1.54, 1.807) is 18.2 Å². The number of fused-ring (bicyclic) bond motifs is 5. The standard InChI is InChI=1S/C21H12Cl2N2O3/c22-14-4-8-18-13(9-14)10-19-17-7-3-15(23)11-20(17)28-21(24(18)19)12-1-5-16(6-2-12)25(26)27/h1-11,21H/t21-/m0/s1. The molecule has 0 bridgehead atoms. The van der Waals surface area contributed by atoms with Crippen LogP contribution in [0.3, 0.4) is 0 Å². The predicted molar refractivity (Wildman–Crippen MR) is 109 cm³/mol. The van der Waals surface area contributed by atoms with E-state index >= 15 is 0 Å². The largest absolute Gasteiger partial charge is 0.465 e. The molecule has 4 aromatic rings. The van der Waals surface area contributed by atoms with Crippen LogP contribution in [0.1, 0.15) is 11.8 Å². The van der Waals surface area contributed by atoms with Crippen LogP contribution < -0.4 is 4.74 Å². The number of aromatic nitrogens is 1. The molecule has 1 aliphatic heterocycles. The van der Waals surface area contributed by atoms with Gasteiger partial charge in [0.15, 0.2) is 0 Å². The molecule has 0 saturated carbocycles. The molecule has 2 heterocycles. The molecule has 5 rings (SSSR count). The van der Waals surface area contributed by atoms with Gasteiger partial charge in [0.25, 0.3) is 5.69 Å². The summed E-state index contributed by atoms with van der Waals surface area (Å²) in [6.07, 6.45) is -0.486. The van der Waals surface area contributed by atoms with E-state index in [4.69, 9.17) is 27.9 Å². The van der Waals surface area contributed by atoms with Crippen molar-refractivity contribution in [2.24, 2.45) is 0 Å². The van der Waals surface area contributed by atoms with Gasteiger partial charge in [-0.05, 0) is 54.6 Å². The van der Waals surface area contributed by atoms with Crippen LogP contribution in [0.5, 0.6) is 5.75 Å². The van der Waals surface area contributed by atoms with Crippen LogP contribution in [0.15, 0.2) is 66.7 Å². The summed E-state index contributed by atoms with van der Waals surface area (Å²) < 4.78 is 8.37. The first-order valence-corrected chi connectivity index (χ1v) is 9.28. The lowest BCUT2D eigenvalue weighted by molar-refractivity contribution is -0.384. The number of hydrogen-bond acceptors (Lipinski definition) is 3. The summed E-state index contributed by atoms with van der Waals surface area (Å²) in [6.45, 7) is 0. The van der Waals surface area contributed by atoms with E-state index in [1.807, 2.05) is 30.3 Å². The number of nitro groups is 1. The Morgan fingerprint density at radius 3 is 2.39 bits per heavy atom. The van der Waals surface area contributed by atoms with Crippen LogP contribution in [0.4, 0.5) is 5.69 Å². The summed E-state index contributed by atoms with van der Waals surface area (Å²) in [4.78, 5) is 10.6. The fraction of sp³-hybridized carbons (Fsp3) is 0.0476. The molecule has 1 aliphatic rings. The fourth-order valence-electron chi connectivity index (χ4n) is 3.62. The SMILES string of the molecule is O=[N+]([O-])c1ccc([C@@H]2Oc3cc(Cl)ccc3-c3cc4cc(Cl)ccc4n32)cc1. The van der Waals surface area contributed by atoms with Crippen LogP contribution in [-0.4, -0.2) is 9.49 Å². The molecular formula is C21H12Cl2N2O3. The predicted octanol–water partition coefficient (Wildman–Crippen LogP) is 6.46. The quantitative estimate of drug-likeness (QED) is 0.281. The Bertz CT molecular complexity index is 1250. The first kappa shape index (κ1) is 17.1. The van der Waals surface area contributed by atoms with E-state index in [0.717, 1.165) is 27.7 Å². The molecule has 0 unspecified atom stereocenters. The lowest BCUT2D eigenvalue weighted by atomic mass is 10.1. The van der Waals surface area contributed by atoms with Crippen molar-refractivity contribution < 1.29 is 9.66 Å². The maximum atomic E-state index is 11.0. The Morgan fingerprint density at radius 1 is 0.929 bits per heavy atom. The van der Waals surface area contributed by atoms with Gasteiger partial charge in [-0.15, -0.1) is 0 Å². The third-order valence-corrected chi connectivity index (χ3v) is 5.35. The Morgan fingerprint density at radius 2 is 1.64 bits per heavy atom. The summed E-state index contributed by atoms with van der Waals surface area (Å²) in [5.41, 5.74) is 3.69. The molecule has 0 amide bonds. The van der Waals surface area contributed by atoms with E-state index < -0.39 is 11.2 Å². The molecule has 138 valence electrons. The molecule has 0 radical (unpaired) electrons. The van der Waals surface area contributed by atoms with Gasteiger partial charge in [-0.25, -0.2) is 0 Å². The summed E-state index contributed by atoms with van der Waals surface area (Å²) in [7, 11) is 0. The van der Waals surface area contributed by atoms with Crippen LogP contribution in [0, 0.1) is 10.1 Å². The molecule has 0 aliphatic carbocycles. The molecule has 28 heavy (non-hydrogen) atoms. The van der Waals surface area contributed by atoms with Crippen LogP contribution in [0.25, 0.3) is 22.2 Å². The third kappa shape index (κ3) is 2.63. The third-order valence-electron chi connectivity index (χ3n) is 4.88. The second-order valence-corrected chi connectivity index (χ2v) is 7.43. The van der Waals surface area contributed by atoms with Gasteiger partial charge in [-0.3, -0.25) is 10.1 Å². The number of nitro benzene ring substituents is 1. The van der Waals surface area contributed by atoms with Crippen molar-refractivity contribution in [3.63, 3.8) is 0 Å². The lowest BCUT2D eigenvalue weighted by Gasteiger charge is -2.30. The molecule has 5 nitrogen and oxygen atoms in total. The Kier molecular flexibility index (Phi) is 3.82. The van der Waals surface area contributed by atoms with Gasteiger partial charge in [-0.2, -0.15) is 0 Å². The van der Waals surface area contributed by atoms with Crippen molar-refractivity contribution in [2.75, 3.05) is 0 Å². The summed E-state index contributed by atoms with van der Waals surface area (Å²) in [6, 6.07) is 19.7. The van der Waals surface area contributed by atoms with Crippen molar-refractivity contribution >= 4 is 39.8 Å². The molecule has 0 fully saturated rings. The van der Waals surface area contributed by atoms with E-state index in [1.165, 1.54) is 12.1 Å². The van der Waals surface area contributed by atoms with Gasteiger partial charge in [0.05, 0.1) is 16.1 Å². The summed E-state index contributed by atoms with van der Waals surface area (Å²) >= 11 is 12.4. The molecule has 0 saturated heterocycles. The van der Waals surface area contributed by atoms with Gasteiger partial charge in [-0.1, -0.05) is 23.2 Å². The maximum absolute atomic E-state index is 11.0. The van der Waals surface area contributed by atoms with E-state index in [2.05, 4.69) is 10.6 Å². The second-order valence-electron chi connectivity index (χ2n) is 6.56. The molecule has 7 heteroatoms. The van der Waals surface area contributed by atoms with Gasteiger partial charge in [0, 0.05) is 38.7 Å². The van der Waals surface area contributed by atoms with Crippen LogP contribution in [-0.2, 0) is 0 Å². The minimum absolute atomic E-state index is 0.0346. The minimum atomic E-state index is -0.486. The van der Waals surface area contributed by atoms with Gasteiger partial charge in [0.2, 0.25) is 6.23 Å². The molecule has 0 N–H and O–H groups in total. The number of rotatable bonds is 2. The van der Waals surface area contributed by atoms with Crippen LogP contribution >= 0.6 is 23.2 Å². The molecule has 3 aromatic carbocycles. The number of ether oxygens (including phenoxy) is 1. The highest BCUT2D eigenvalue weighted by molar-refractivity contribution is 6.31. The number of benzene rings is 3. The number of hydrogen-bond donors (Lipinski definition) is 0. The van der Waals surface area contributed by atoms with Crippen molar-refractivity contribution in [1.82, 2.24) is 4.57 Å². The fourth-order valence-corrected chi connectivity index (χ4v) is 3.97. The van der Waals surface area contributed by atoms with Crippen molar-refractivity contribution in [3.8, 4) is 17.0 Å². The van der Waals surface area contributed by atoms with Crippen molar-refractivity contribution in [3.05, 3.63) is 92.5 Å². The highest BCUT2D eigenvalue weighted by Crippen LogP contribution is 2.45. The summed E-state index contributed by atoms with van der Waals surface area (Å²) in [5.74, 6) is 0.664. The average Bonchev–Trinajstić information content (AvgIpc) is 3.05.